The number of esters is 5. The van der Waals surface area contributed by atoms with E-state index in [2.05, 4.69) is 4.74 Å². The van der Waals surface area contributed by atoms with Crippen LogP contribution in [0.4, 0.5) is 0 Å². The molecular formula is C28H20O11. The first kappa shape index (κ1) is 25.5. The standard InChI is InChI=1S/C28H20O11/c1-14(29)34-13-35-26(32)19-5-4-6-22-25(19)27(33)39-28(22)20-9-7-17(36-15(2)30)11-23(20)38-24-12-18(37-16(3)31)8-10-21(24)28/h4-12H,13H2,1-3H3. The molecule has 0 saturated carbocycles. The summed E-state index contributed by atoms with van der Waals surface area (Å²) in [7, 11) is 0. The lowest BCUT2D eigenvalue weighted by atomic mass is 9.77. The predicted octanol–water partition coefficient (Wildman–Crippen LogP) is 3.78. The molecule has 0 aromatic heterocycles. The number of carbonyl (C=O) groups is 5. The Hall–Kier alpha value is -5.19. The van der Waals surface area contributed by atoms with Crippen molar-refractivity contribution in [2.45, 2.75) is 26.4 Å². The van der Waals surface area contributed by atoms with E-state index in [1.807, 2.05) is 0 Å². The molecule has 3 aromatic carbocycles. The van der Waals surface area contributed by atoms with Crippen molar-refractivity contribution in [3.8, 4) is 23.0 Å². The third kappa shape index (κ3) is 4.43. The Labute approximate surface area is 221 Å². The van der Waals surface area contributed by atoms with Crippen LogP contribution in [0.15, 0.2) is 54.6 Å². The molecule has 3 aromatic rings. The third-order valence-corrected chi connectivity index (χ3v) is 5.97. The zero-order chi connectivity index (χ0) is 27.9. The van der Waals surface area contributed by atoms with Crippen LogP contribution in [0.3, 0.4) is 0 Å². The number of hydrogen-bond acceptors (Lipinski definition) is 11. The normalized spacial score (nSPS) is 13.7. The maximum absolute atomic E-state index is 13.4. The van der Waals surface area contributed by atoms with Crippen LogP contribution in [0.1, 0.15) is 58.2 Å². The van der Waals surface area contributed by atoms with E-state index in [1.165, 1.54) is 44.2 Å². The summed E-state index contributed by atoms with van der Waals surface area (Å²) in [5.74, 6) is -2.68. The number of rotatable bonds is 5. The molecular weight excluding hydrogens is 512 g/mol. The van der Waals surface area contributed by atoms with E-state index in [0.29, 0.717) is 16.7 Å². The average Bonchev–Trinajstić information content (AvgIpc) is 3.15. The fourth-order valence-corrected chi connectivity index (χ4v) is 4.60. The molecule has 0 aliphatic carbocycles. The summed E-state index contributed by atoms with van der Waals surface area (Å²) >= 11 is 0. The molecule has 39 heavy (non-hydrogen) atoms. The summed E-state index contributed by atoms with van der Waals surface area (Å²) < 4.78 is 32.3. The van der Waals surface area contributed by atoms with Gasteiger partial charge in [0.25, 0.3) is 0 Å². The maximum Gasteiger partial charge on any atom is 0.341 e. The van der Waals surface area contributed by atoms with Crippen LogP contribution < -0.4 is 14.2 Å². The van der Waals surface area contributed by atoms with E-state index >= 15 is 0 Å². The Bertz CT molecular complexity index is 1500. The number of ether oxygens (including phenoxy) is 6. The number of hydrogen-bond donors (Lipinski definition) is 0. The van der Waals surface area contributed by atoms with Gasteiger partial charge in [0.2, 0.25) is 6.79 Å². The summed E-state index contributed by atoms with van der Waals surface area (Å²) in [4.78, 5) is 60.4. The van der Waals surface area contributed by atoms with Crippen molar-refractivity contribution < 1.29 is 52.4 Å². The Morgan fingerprint density at radius 3 is 1.87 bits per heavy atom. The number of carbonyl (C=O) groups excluding carboxylic acids is 5. The van der Waals surface area contributed by atoms with Gasteiger partial charge in [-0.3, -0.25) is 14.4 Å². The van der Waals surface area contributed by atoms with Gasteiger partial charge in [0, 0.05) is 49.6 Å². The molecule has 2 aliphatic heterocycles. The van der Waals surface area contributed by atoms with Crippen molar-refractivity contribution in [1.29, 1.82) is 0 Å². The third-order valence-electron chi connectivity index (χ3n) is 5.97. The first-order chi connectivity index (χ1) is 18.6. The molecule has 0 amide bonds. The van der Waals surface area contributed by atoms with Crippen LogP contribution in [-0.2, 0) is 34.2 Å². The molecule has 2 aliphatic rings. The van der Waals surface area contributed by atoms with Crippen molar-refractivity contribution in [1.82, 2.24) is 0 Å². The number of benzene rings is 3. The van der Waals surface area contributed by atoms with E-state index in [4.69, 9.17) is 23.7 Å². The van der Waals surface area contributed by atoms with E-state index in [0.717, 1.165) is 6.92 Å². The summed E-state index contributed by atoms with van der Waals surface area (Å²) in [6.07, 6.45) is 0. The lowest BCUT2D eigenvalue weighted by molar-refractivity contribution is -0.149. The summed E-state index contributed by atoms with van der Waals surface area (Å²) in [5.41, 5.74) is -0.611. The van der Waals surface area contributed by atoms with Gasteiger partial charge in [-0.15, -0.1) is 0 Å². The fourth-order valence-electron chi connectivity index (χ4n) is 4.60. The topological polar surface area (TPSA) is 141 Å². The molecule has 0 atom stereocenters. The van der Waals surface area contributed by atoms with Gasteiger partial charge in [0.1, 0.15) is 23.0 Å². The summed E-state index contributed by atoms with van der Waals surface area (Å²) in [6, 6.07) is 13.7. The van der Waals surface area contributed by atoms with Gasteiger partial charge in [-0.1, -0.05) is 12.1 Å². The molecule has 2 heterocycles. The molecule has 0 fully saturated rings. The second-order valence-electron chi connectivity index (χ2n) is 8.59. The van der Waals surface area contributed by atoms with Crippen LogP contribution in [0.2, 0.25) is 0 Å². The van der Waals surface area contributed by atoms with Crippen molar-refractivity contribution in [3.63, 3.8) is 0 Å². The highest BCUT2D eigenvalue weighted by molar-refractivity contribution is 6.07. The smallest absolute Gasteiger partial charge is 0.341 e. The zero-order valence-electron chi connectivity index (χ0n) is 20.9. The van der Waals surface area contributed by atoms with Crippen LogP contribution in [0.25, 0.3) is 0 Å². The first-order valence-electron chi connectivity index (χ1n) is 11.6. The molecule has 198 valence electrons. The molecule has 5 rings (SSSR count). The second-order valence-corrected chi connectivity index (χ2v) is 8.59. The van der Waals surface area contributed by atoms with E-state index in [1.54, 1.807) is 24.3 Å². The fraction of sp³-hybridized carbons (Fsp3) is 0.179. The van der Waals surface area contributed by atoms with Gasteiger partial charge in [0.05, 0.1) is 11.1 Å². The molecule has 0 saturated heterocycles. The molecule has 0 N–H and O–H groups in total. The maximum atomic E-state index is 13.4. The zero-order valence-corrected chi connectivity index (χ0v) is 20.9. The van der Waals surface area contributed by atoms with Crippen LogP contribution >= 0.6 is 0 Å². The Morgan fingerprint density at radius 2 is 1.33 bits per heavy atom. The highest BCUT2D eigenvalue weighted by Gasteiger charge is 2.55. The largest absolute Gasteiger partial charge is 0.456 e. The van der Waals surface area contributed by atoms with E-state index in [-0.39, 0.29) is 34.1 Å². The molecule has 0 bridgehead atoms. The first-order valence-corrected chi connectivity index (χ1v) is 11.6. The monoisotopic (exact) mass is 532 g/mol. The van der Waals surface area contributed by atoms with Crippen LogP contribution in [-0.4, -0.2) is 36.6 Å². The Morgan fingerprint density at radius 1 is 0.744 bits per heavy atom. The van der Waals surface area contributed by atoms with Crippen molar-refractivity contribution >= 4 is 29.8 Å². The van der Waals surface area contributed by atoms with Crippen molar-refractivity contribution in [2.75, 3.05) is 6.79 Å². The van der Waals surface area contributed by atoms with Gasteiger partial charge < -0.3 is 28.4 Å². The Balaban J connectivity index is 1.69. The average molecular weight is 532 g/mol. The highest BCUT2D eigenvalue weighted by atomic mass is 16.7. The van der Waals surface area contributed by atoms with Gasteiger partial charge in [-0.2, -0.15) is 0 Å². The summed E-state index contributed by atoms with van der Waals surface area (Å²) in [6.45, 7) is 3.03. The molecule has 0 unspecified atom stereocenters. The second kappa shape index (κ2) is 9.60. The lowest BCUT2D eigenvalue weighted by Gasteiger charge is -2.36. The summed E-state index contributed by atoms with van der Waals surface area (Å²) in [5, 5.41) is 0. The molecule has 11 nitrogen and oxygen atoms in total. The van der Waals surface area contributed by atoms with E-state index < -0.39 is 42.2 Å². The number of fused-ring (bicyclic) bond motifs is 6. The minimum Gasteiger partial charge on any atom is -0.456 e. The van der Waals surface area contributed by atoms with Crippen LogP contribution in [0.5, 0.6) is 23.0 Å². The van der Waals surface area contributed by atoms with Crippen molar-refractivity contribution in [3.05, 3.63) is 82.4 Å². The lowest BCUT2D eigenvalue weighted by Crippen LogP contribution is -2.33. The molecule has 11 heteroatoms. The van der Waals surface area contributed by atoms with E-state index in [9.17, 15) is 24.0 Å². The SMILES string of the molecule is CC(=O)OCOC(=O)c1cccc2c1C(=O)OC21c2ccc(OC(C)=O)cc2Oc2cc(OC(C)=O)ccc21. The van der Waals surface area contributed by atoms with Crippen LogP contribution in [0, 0.1) is 0 Å². The Kier molecular flexibility index (Phi) is 6.27. The van der Waals surface area contributed by atoms with Gasteiger partial charge in [-0.25, -0.2) is 9.59 Å². The van der Waals surface area contributed by atoms with Gasteiger partial charge in [-0.05, 0) is 30.3 Å². The van der Waals surface area contributed by atoms with Gasteiger partial charge >= 0.3 is 29.8 Å². The van der Waals surface area contributed by atoms with Crippen molar-refractivity contribution in [2.24, 2.45) is 0 Å². The minimum atomic E-state index is -1.58. The molecule has 0 radical (unpaired) electrons. The predicted molar refractivity (Wildman–Crippen MR) is 129 cm³/mol. The quantitative estimate of drug-likeness (QED) is 0.269. The van der Waals surface area contributed by atoms with Gasteiger partial charge in [0.15, 0.2) is 5.60 Å². The highest BCUT2D eigenvalue weighted by Crippen LogP contribution is 2.57. The molecule has 1 spiro atoms. The minimum absolute atomic E-state index is 0.0442.